The van der Waals surface area contributed by atoms with Crippen molar-refractivity contribution in [1.29, 1.82) is 0 Å². The van der Waals surface area contributed by atoms with Gasteiger partial charge in [-0.15, -0.1) is 0 Å². The molecule has 0 saturated heterocycles. The zero-order valence-electron chi connectivity index (χ0n) is 4.59. The highest BCUT2D eigenvalue weighted by molar-refractivity contribution is 9.09. The van der Waals surface area contributed by atoms with E-state index in [2.05, 4.69) is 26.4 Å². The van der Waals surface area contributed by atoms with E-state index in [1.165, 1.54) is 0 Å². The summed E-state index contributed by atoms with van der Waals surface area (Å²) in [5, 5.41) is 0.0836. The molecule has 0 aliphatic rings. The molecule has 0 saturated carbocycles. The Kier molecular flexibility index (Phi) is 4.04. The first-order valence-electron chi connectivity index (χ1n) is 2.16. The molecule has 9 heavy (non-hydrogen) atoms. The van der Waals surface area contributed by atoms with Crippen LogP contribution < -0.4 is 5.73 Å². The van der Waals surface area contributed by atoms with Crippen LogP contribution in [0.4, 0.5) is 0 Å². The van der Waals surface area contributed by atoms with Crippen LogP contribution in [0.25, 0.3) is 0 Å². The van der Waals surface area contributed by atoms with Gasteiger partial charge in [-0.3, -0.25) is 9.59 Å². The molecule has 4 nitrogen and oxygen atoms in total. The highest BCUT2D eigenvalue weighted by atomic mass is 79.9. The molecule has 0 radical (unpaired) electrons. The quantitative estimate of drug-likeness (QED) is 0.484. The molecule has 5 heteroatoms. The lowest BCUT2D eigenvalue weighted by Crippen LogP contribution is -2.21. The normalized spacial score (nSPS) is 8.56. The Morgan fingerprint density at radius 3 is 2.44 bits per heavy atom. The molecule has 0 bridgehead atoms. The van der Waals surface area contributed by atoms with Crippen LogP contribution in [-0.2, 0) is 14.3 Å². The van der Waals surface area contributed by atoms with E-state index in [0.717, 1.165) is 0 Å². The summed E-state index contributed by atoms with van der Waals surface area (Å²) in [5.74, 6) is -1.14. The number of primary amides is 1. The predicted octanol–water partition coefficient (Wildman–Crippen LogP) is -0.590. The molecule has 0 aromatic carbocycles. The second-order valence-electron chi connectivity index (χ2n) is 1.26. The zero-order valence-corrected chi connectivity index (χ0v) is 6.18. The van der Waals surface area contributed by atoms with Gasteiger partial charge >= 0.3 is 5.97 Å². The molecule has 0 fully saturated rings. The molecule has 0 rings (SSSR count). The zero-order chi connectivity index (χ0) is 7.28. The highest BCUT2D eigenvalue weighted by Gasteiger charge is 2.00. The summed E-state index contributed by atoms with van der Waals surface area (Å²) in [7, 11) is 0. The number of hydrogen-bond acceptors (Lipinski definition) is 3. The number of esters is 1. The van der Waals surface area contributed by atoms with Crippen LogP contribution in [0, 0.1) is 0 Å². The smallest absolute Gasteiger partial charge is 0.317 e. The van der Waals surface area contributed by atoms with Gasteiger partial charge in [-0.25, -0.2) is 0 Å². The van der Waals surface area contributed by atoms with Crippen LogP contribution in [0.1, 0.15) is 0 Å². The molecule has 0 aromatic rings. The SMILES string of the molecule is NC(=O)COC(=O)CBr. The van der Waals surface area contributed by atoms with Gasteiger partial charge in [-0.05, 0) is 0 Å². The lowest BCUT2D eigenvalue weighted by atomic mass is 10.7. The van der Waals surface area contributed by atoms with E-state index in [-0.39, 0.29) is 11.9 Å². The molecule has 0 spiro atoms. The lowest BCUT2D eigenvalue weighted by molar-refractivity contribution is -0.144. The van der Waals surface area contributed by atoms with Crippen molar-refractivity contribution in [2.45, 2.75) is 0 Å². The van der Waals surface area contributed by atoms with E-state index in [9.17, 15) is 9.59 Å². The molecule has 2 N–H and O–H groups in total. The summed E-state index contributed by atoms with van der Waals surface area (Å²) < 4.78 is 4.29. The standard InChI is InChI=1S/C4H6BrNO3/c5-1-4(8)9-2-3(6)7/h1-2H2,(H2,6,7). The summed E-state index contributed by atoms with van der Waals surface area (Å²) in [6.45, 7) is -0.343. The molecule has 0 aliphatic heterocycles. The largest absolute Gasteiger partial charge is 0.455 e. The van der Waals surface area contributed by atoms with E-state index in [1.54, 1.807) is 0 Å². The fraction of sp³-hybridized carbons (Fsp3) is 0.500. The molecule has 0 unspecified atom stereocenters. The minimum atomic E-state index is -0.649. The third-order valence-electron chi connectivity index (χ3n) is 0.485. The average molecular weight is 196 g/mol. The minimum Gasteiger partial charge on any atom is -0.455 e. The van der Waals surface area contributed by atoms with E-state index in [4.69, 9.17) is 0 Å². The van der Waals surface area contributed by atoms with Crippen LogP contribution in [0.15, 0.2) is 0 Å². The average Bonchev–Trinajstić information content (AvgIpc) is 1.83. The highest BCUT2D eigenvalue weighted by Crippen LogP contribution is 1.83. The van der Waals surface area contributed by atoms with Crippen molar-refractivity contribution < 1.29 is 14.3 Å². The maximum atomic E-state index is 10.2. The Labute approximate surface area is 60.5 Å². The van der Waals surface area contributed by atoms with E-state index >= 15 is 0 Å². The van der Waals surface area contributed by atoms with Crippen molar-refractivity contribution in [3.63, 3.8) is 0 Å². The second-order valence-corrected chi connectivity index (χ2v) is 1.82. The van der Waals surface area contributed by atoms with Crippen molar-refractivity contribution in [1.82, 2.24) is 0 Å². The first kappa shape index (κ1) is 8.42. The molecular weight excluding hydrogens is 190 g/mol. The minimum absolute atomic E-state index is 0.0836. The summed E-state index contributed by atoms with van der Waals surface area (Å²) in [6, 6.07) is 0. The van der Waals surface area contributed by atoms with Gasteiger partial charge in [0.25, 0.3) is 5.91 Å². The molecular formula is C4H6BrNO3. The third-order valence-corrected chi connectivity index (χ3v) is 0.942. The van der Waals surface area contributed by atoms with Crippen LogP contribution in [0.5, 0.6) is 0 Å². The van der Waals surface area contributed by atoms with Gasteiger partial charge in [0, 0.05) is 0 Å². The monoisotopic (exact) mass is 195 g/mol. The van der Waals surface area contributed by atoms with E-state index in [1.807, 2.05) is 0 Å². The van der Waals surface area contributed by atoms with Crippen molar-refractivity contribution in [3.8, 4) is 0 Å². The van der Waals surface area contributed by atoms with Gasteiger partial charge in [0.15, 0.2) is 6.61 Å². The van der Waals surface area contributed by atoms with Crippen LogP contribution >= 0.6 is 15.9 Å². The number of rotatable bonds is 3. The van der Waals surface area contributed by atoms with Gasteiger partial charge in [0.2, 0.25) is 0 Å². The van der Waals surface area contributed by atoms with Crippen molar-refractivity contribution in [3.05, 3.63) is 0 Å². The Balaban J connectivity index is 3.28. The summed E-state index contributed by atoms with van der Waals surface area (Å²) >= 11 is 2.84. The predicted molar refractivity (Wildman–Crippen MR) is 33.9 cm³/mol. The fourth-order valence-electron chi connectivity index (χ4n) is 0.190. The van der Waals surface area contributed by atoms with Gasteiger partial charge in [-0.2, -0.15) is 0 Å². The number of amides is 1. The van der Waals surface area contributed by atoms with Crippen LogP contribution in [-0.4, -0.2) is 23.8 Å². The Morgan fingerprint density at radius 2 is 2.11 bits per heavy atom. The van der Waals surface area contributed by atoms with Gasteiger partial charge in [0.1, 0.15) is 5.33 Å². The van der Waals surface area contributed by atoms with Crippen LogP contribution in [0.3, 0.4) is 0 Å². The van der Waals surface area contributed by atoms with Crippen molar-refractivity contribution >= 4 is 27.8 Å². The van der Waals surface area contributed by atoms with Gasteiger partial charge in [0.05, 0.1) is 0 Å². The first-order valence-corrected chi connectivity index (χ1v) is 3.29. The second kappa shape index (κ2) is 4.31. The third kappa shape index (κ3) is 5.29. The number of nitrogens with two attached hydrogens (primary N) is 1. The molecule has 0 aliphatic carbocycles. The van der Waals surface area contributed by atoms with Gasteiger partial charge in [-0.1, -0.05) is 15.9 Å². The van der Waals surface area contributed by atoms with Crippen molar-refractivity contribution in [2.75, 3.05) is 11.9 Å². The maximum absolute atomic E-state index is 10.2. The molecule has 0 atom stereocenters. The Hall–Kier alpha value is -0.580. The topological polar surface area (TPSA) is 69.4 Å². The van der Waals surface area contributed by atoms with Gasteiger partial charge < -0.3 is 10.5 Å². The Bertz CT molecular complexity index is 125. The van der Waals surface area contributed by atoms with E-state index in [0.29, 0.717) is 0 Å². The number of halogens is 1. The number of alkyl halides is 1. The van der Waals surface area contributed by atoms with E-state index < -0.39 is 11.9 Å². The summed E-state index contributed by atoms with van der Waals surface area (Å²) in [6.07, 6.45) is 0. The number of carbonyl (C=O) groups is 2. The molecule has 0 aromatic heterocycles. The molecule has 1 amide bonds. The summed E-state index contributed by atoms with van der Waals surface area (Å²) in [4.78, 5) is 20.2. The molecule has 52 valence electrons. The Morgan fingerprint density at radius 1 is 1.56 bits per heavy atom. The number of carbonyl (C=O) groups excluding carboxylic acids is 2. The number of hydrogen-bond donors (Lipinski definition) is 1. The lowest BCUT2D eigenvalue weighted by Gasteiger charge is -1.95. The maximum Gasteiger partial charge on any atom is 0.317 e. The fourth-order valence-corrected chi connectivity index (χ4v) is 0.352. The number of ether oxygens (including phenoxy) is 1. The molecule has 0 heterocycles. The first-order chi connectivity index (χ1) is 4.16. The van der Waals surface area contributed by atoms with Crippen molar-refractivity contribution in [2.24, 2.45) is 5.73 Å². The van der Waals surface area contributed by atoms with Crippen LogP contribution in [0.2, 0.25) is 0 Å². The summed E-state index contributed by atoms with van der Waals surface area (Å²) in [5.41, 5.74) is 4.66.